The second kappa shape index (κ2) is 10.1. The van der Waals surface area contributed by atoms with Gasteiger partial charge in [-0.05, 0) is 36.8 Å². The van der Waals surface area contributed by atoms with Crippen molar-refractivity contribution in [2.24, 2.45) is 0 Å². The summed E-state index contributed by atoms with van der Waals surface area (Å²) in [6, 6.07) is 6.85. The minimum absolute atomic E-state index is 0.214. The van der Waals surface area contributed by atoms with E-state index in [1.54, 1.807) is 12.1 Å². The lowest BCUT2D eigenvalue weighted by Gasteiger charge is -2.10. The summed E-state index contributed by atoms with van der Waals surface area (Å²) < 4.78 is 48.1. The molecule has 0 atom stereocenters. The topological polar surface area (TPSA) is 77.5 Å². The molecule has 0 unspecified atom stereocenters. The Morgan fingerprint density at radius 1 is 1.21 bits per heavy atom. The van der Waals surface area contributed by atoms with Crippen molar-refractivity contribution < 1.29 is 32.2 Å². The van der Waals surface area contributed by atoms with Crippen molar-refractivity contribution >= 4 is 29.3 Å². The highest BCUT2D eigenvalue weighted by Crippen LogP contribution is 2.32. The molecule has 2 rings (SSSR count). The Balaban J connectivity index is 1.86. The van der Waals surface area contributed by atoms with Crippen molar-refractivity contribution in [2.45, 2.75) is 25.9 Å². The summed E-state index contributed by atoms with van der Waals surface area (Å²) in [5.74, 6) is -1.20. The quantitative estimate of drug-likeness (QED) is 0.484. The van der Waals surface area contributed by atoms with E-state index in [0.29, 0.717) is 24.6 Å². The van der Waals surface area contributed by atoms with Crippen LogP contribution in [0.4, 0.5) is 19.0 Å². The zero-order chi connectivity index (χ0) is 21.4. The van der Waals surface area contributed by atoms with Crippen LogP contribution in [-0.4, -0.2) is 30.1 Å². The van der Waals surface area contributed by atoms with Crippen LogP contribution in [0.2, 0.25) is 5.02 Å². The number of pyridine rings is 1. The zero-order valence-electron chi connectivity index (χ0n) is 15.4. The van der Waals surface area contributed by atoms with Gasteiger partial charge in [0.05, 0.1) is 22.8 Å². The standard InChI is InChI=1S/C19H18ClF3N2O4/c1-2-3-8-28-14-6-4-12(5-7-14)18(27)29-11-16(26)25-17-15(20)9-13(10-24-17)19(21,22)23/h4-7,9-10H,2-3,8,11H2,1H3,(H,24,25,26). The van der Waals surface area contributed by atoms with Crippen LogP contribution >= 0.6 is 11.6 Å². The molecule has 0 fully saturated rings. The largest absolute Gasteiger partial charge is 0.494 e. The molecule has 156 valence electrons. The average Bonchev–Trinajstić information content (AvgIpc) is 2.67. The molecule has 0 bridgehead atoms. The van der Waals surface area contributed by atoms with Crippen LogP contribution in [-0.2, 0) is 15.7 Å². The van der Waals surface area contributed by atoms with Crippen LogP contribution in [0, 0.1) is 0 Å². The monoisotopic (exact) mass is 430 g/mol. The summed E-state index contributed by atoms with van der Waals surface area (Å²) in [6.45, 7) is 1.95. The zero-order valence-corrected chi connectivity index (χ0v) is 16.1. The van der Waals surface area contributed by atoms with E-state index in [4.69, 9.17) is 21.1 Å². The van der Waals surface area contributed by atoms with Crippen LogP contribution < -0.4 is 10.1 Å². The lowest BCUT2D eigenvalue weighted by atomic mass is 10.2. The van der Waals surface area contributed by atoms with Gasteiger partial charge in [0, 0.05) is 6.20 Å². The second-order valence-electron chi connectivity index (χ2n) is 5.90. The summed E-state index contributed by atoms with van der Waals surface area (Å²) in [4.78, 5) is 27.3. The Morgan fingerprint density at radius 3 is 2.48 bits per heavy atom. The molecule has 0 aliphatic carbocycles. The fourth-order valence-electron chi connectivity index (χ4n) is 2.09. The molecule has 2 aromatic rings. The maximum atomic E-state index is 12.6. The molecule has 6 nitrogen and oxygen atoms in total. The first-order valence-corrected chi connectivity index (χ1v) is 9.01. The fourth-order valence-corrected chi connectivity index (χ4v) is 2.30. The number of hydrogen-bond acceptors (Lipinski definition) is 5. The number of rotatable bonds is 8. The van der Waals surface area contributed by atoms with Gasteiger partial charge >= 0.3 is 12.1 Å². The number of hydrogen-bond donors (Lipinski definition) is 1. The molecule has 0 radical (unpaired) electrons. The number of ether oxygens (including phenoxy) is 2. The number of nitrogens with one attached hydrogen (secondary N) is 1. The molecule has 1 aromatic heterocycles. The predicted molar refractivity (Wildman–Crippen MR) is 100 cm³/mol. The van der Waals surface area contributed by atoms with E-state index >= 15 is 0 Å². The highest BCUT2D eigenvalue weighted by atomic mass is 35.5. The Hall–Kier alpha value is -2.81. The van der Waals surface area contributed by atoms with E-state index in [1.807, 2.05) is 6.92 Å². The lowest BCUT2D eigenvalue weighted by Crippen LogP contribution is -2.22. The molecule has 0 aliphatic rings. The van der Waals surface area contributed by atoms with Gasteiger partial charge in [0.1, 0.15) is 5.75 Å². The van der Waals surface area contributed by atoms with Crippen molar-refractivity contribution in [3.63, 3.8) is 0 Å². The normalized spacial score (nSPS) is 11.1. The van der Waals surface area contributed by atoms with Crippen LogP contribution in [0.1, 0.15) is 35.7 Å². The third kappa shape index (κ3) is 6.94. The van der Waals surface area contributed by atoms with E-state index in [2.05, 4.69) is 10.3 Å². The third-order valence-electron chi connectivity index (χ3n) is 3.62. The molecule has 1 amide bonds. The van der Waals surface area contributed by atoms with Gasteiger partial charge in [-0.25, -0.2) is 9.78 Å². The molecule has 29 heavy (non-hydrogen) atoms. The number of carbonyl (C=O) groups is 2. The van der Waals surface area contributed by atoms with Gasteiger partial charge in [-0.2, -0.15) is 13.2 Å². The molecule has 0 aliphatic heterocycles. The number of aromatic nitrogens is 1. The molecule has 1 heterocycles. The molecule has 0 saturated carbocycles. The van der Waals surface area contributed by atoms with Crippen molar-refractivity contribution in [1.82, 2.24) is 4.98 Å². The number of alkyl halides is 3. The number of esters is 1. The fraction of sp³-hybridized carbons (Fsp3) is 0.316. The van der Waals surface area contributed by atoms with Crippen LogP contribution in [0.15, 0.2) is 36.5 Å². The first-order valence-electron chi connectivity index (χ1n) is 8.63. The number of nitrogens with zero attached hydrogens (tertiary/aromatic N) is 1. The van der Waals surface area contributed by atoms with Gasteiger partial charge < -0.3 is 14.8 Å². The van der Waals surface area contributed by atoms with Gasteiger partial charge in [-0.1, -0.05) is 24.9 Å². The average molecular weight is 431 g/mol. The Kier molecular flexibility index (Phi) is 7.83. The minimum Gasteiger partial charge on any atom is -0.494 e. The van der Waals surface area contributed by atoms with E-state index in [9.17, 15) is 22.8 Å². The molecular weight excluding hydrogens is 413 g/mol. The molecular formula is C19H18ClF3N2O4. The van der Waals surface area contributed by atoms with Crippen LogP contribution in [0.3, 0.4) is 0 Å². The van der Waals surface area contributed by atoms with E-state index < -0.39 is 35.2 Å². The summed E-state index contributed by atoms with van der Waals surface area (Å²) >= 11 is 5.70. The highest BCUT2D eigenvalue weighted by molar-refractivity contribution is 6.33. The lowest BCUT2D eigenvalue weighted by molar-refractivity contribution is -0.137. The maximum absolute atomic E-state index is 12.6. The molecule has 0 spiro atoms. The van der Waals surface area contributed by atoms with Crippen molar-refractivity contribution in [1.29, 1.82) is 0 Å². The minimum atomic E-state index is -4.61. The number of unbranched alkanes of at least 4 members (excludes halogenated alkanes) is 1. The number of halogens is 4. The number of carbonyl (C=O) groups excluding carboxylic acids is 2. The summed E-state index contributed by atoms with van der Waals surface area (Å²) in [6.07, 6.45) is -2.15. The molecule has 0 saturated heterocycles. The maximum Gasteiger partial charge on any atom is 0.417 e. The van der Waals surface area contributed by atoms with Gasteiger partial charge in [0.15, 0.2) is 12.4 Å². The summed E-state index contributed by atoms with van der Waals surface area (Å²) in [7, 11) is 0. The van der Waals surface area contributed by atoms with Crippen molar-refractivity contribution in [3.8, 4) is 5.75 Å². The highest BCUT2D eigenvalue weighted by Gasteiger charge is 2.31. The van der Waals surface area contributed by atoms with Crippen molar-refractivity contribution in [3.05, 3.63) is 52.7 Å². The number of amides is 1. The van der Waals surface area contributed by atoms with Gasteiger partial charge in [-0.3, -0.25) is 4.79 Å². The third-order valence-corrected chi connectivity index (χ3v) is 3.91. The Bertz CT molecular complexity index is 858. The second-order valence-corrected chi connectivity index (χ2v) is 6.31. The SMILES string of the molecule is CCCCOc1ccc(C(=O)OCC(=O)Nc2ncc(C(F)(F)F)cc2Cl)cc1. The van der Waals surface area contributed by atoms with Crippen molar-refractivity contribution in [2.75, 3.05) is 18.5 Å². The number of benzene rings is 1. The van der Waals surface area contributed by atoms with Gasteiger partial charge in [0.25, 0.3) is 5.91 Å². The Labute approximate surface area is 170 Å². The van der Waals surface area contributed by atoms with E-state index in [0.717, 1.165) is 12.8 Å². The van der Waals surface area contributed by atoms with E-state index in [1.165, 1.54) is 12.1 Å². The number of anilines is 1. The predicted octanol–water partition coefficient (Wildman–Crippen LogP) is 4.73. The van der Waals surface area contributed by atoms with Gasteiger partial charge in [-0.15, -0.1) is 0 Å². The van der Waals surface area contributed by atoms with E-state index in [-0.39, 0.29) is 11.4 Å². The smallest absolute Gasteiger partial charge is 0.417 e. The molecule has 1 aromatic carbocycles. The Morgan fingerprint density at radius 2 is 1.90 bits per heavy atom. The van der Waals surface area contributed by atoms with Crippen LogP contribution in [0.25, 0.3) is 0 Å². The first-order chi connectivity index (χ1) is 13.7. The van der Waals surface area contributed by atoms with Crippen LogP contribution in [0.5, 0.6) is 5.75 Å². The first kappa shape index (κ1) is 22.5. The van der Waals surface area contributed by atoms with Gasteiger partial charge in [0.2, 0.25) is 0 Å². The molecule has 10 heteroatoms. The summed E-state index contributed by atoms with van der Waals surface area (Å²) in [5, 5.41) is 1.80. The summed E-state index contributed by atoms with van der Waals surface area (Å²) in [5.41, 5.74) is -0.833. The molecule has 1 N–H and O–H groups in total.